The van der Waals surface area contributed by atoms with Gasteiger partial charge in [-0.25, -0.2) is 0 Å². The van der Waals surface area contributed by atoms with Crippen LogP contribution in [0.2, 0.25) is 0 Å². The first-order valence-electron chi connectivity index (χ1n) is 14.4. The highest BCUT2D eigenvalue weighted by Crippen LogP contribution is 2.45. The average molecular weight is 552 g/mol. The predicted molar refractivity (Wildman–Crippen MR) is 182 cm³/mol. The van der Waals surface area contributed by atoms with Crippen molar-refractivity contribution in [3.8, 4) is 27.9 Å². The highest BCUT2D eigenvalue weighted by molar-refractivity contribution is 7.27. The summed E-state index contributed by atoms with van der Waals surface area (Å²) in [6.45, 7) is 0. The van der Waals surface area contributed by atoms with E-state index in [0.717, 1.165) is 0 Å². The molecule has 9 aromatic rings. The number of fused-ring (bicyclic) bond motifs is 9. The van der Waals surface area contributed by atoms with E-state index >= 15 is 0 Å². The zero-order valence-electron chi connectivity index (χ0n) is 22.8. The molecule has 9 rings (SSSR count). The SMILES string of the molecule is c1ccc(-c2cc(-c3ccccc3)cc(-n3c4ccccc4c4c5sc6c7ccccc7ccc6c5ccc43)c2)cc1. The van der Waals surface area contributed by atoms with Gasteiger partial charge in [-0.2, -0.15) is 0 Å². The molecule has 7 aromatic carbocycles. The van der Waals surface area contributed by atoms with Crippen LogP contribution in [0.25, 0.3) is 80.7 Å². The lowest BCUT2D eigenvalue weighted by molar-refractivity contribution is 1.18. The van der Waals surface area contributed by atoms with E-state index in [0.29, 0.717) is 0 Å². The Labute approximate surface area is 247 Å². The van der Waals surface area contributed by atoms with E-state index in [2.05, 4.69) is 156 Å². The number of para-hydroxylation sites is 1. The molecule has 0 fully saturated rings. The summed E-state index contributed by atoms with van der Waals surface area (Å²) in [5.41, 5.74) is 8.51. The summed E-state index contributed by atoms with van der Waals surface area (Å²) in [6.07, 6.45) is 0. The van der Waals surface area contributed by atoms with Gasteiger partial charge >= 0.3 is 0 Å². The van der Waals surface area contributed by atoms with Crippen LogP contribution in [0.1, 0.15) is 0 Å². The first-order chi connectivity index (χ1) is 20.8. The first kappa shape index (κ1) is 23.5. The molecule has 196 valence electrons. The molecule has 2 heterocycles. The second-order valence-electron chi connectivity index (χ2n) is 11.0. The second-order valence-corrected chi connectivity index (χ2v) is 12.0. The summed E-state index contributed by atoms with van der Waals surface area (Å²) in [7, 11) is 0. The molecule has 0 saturated carbocycles. The van der Waals surface area contributed by atoms with E-state index in [1.807, 2.05) is 11.3 Å². The van der Waals surface area contributed by atoms with Crippen LogP contribution in [0.3, 0.4) is 0 Å². The minimum atomic E-state index is 1.17. The maximum atomic E-state index is 2.46. The van der Waals surface area contributed by atoms with Crippen LogP contribution in [0.15, 0.2) is 152 Å². The standard InChI is InChI=1S/C40H25NS/c1-3-11-26(12-4-1)29-23-30(27-13-5-2-6-14-27)25-31(24-29)41-36-18-10-9-17-35(36)38-37(41)22-21-34-33-20-19-28-15-7-8-16-32(28)39(33)42-40(34)38/h1-25H. The molecule has 0 amide bonds. The van der Waals surface area contributed by atoms with Crippen molar-refractivity contribution in [3.05, 3.63) is 152 Å². The Morgan fingerprint density at radius 1 is 0.381 bits per heavy atom. The number of nitrogens with zero attached hydrogens (tertiary/aromatic N) is 1. The molecular formula is C40H25NS. The molecule has 1 nitrogen and oxygen atoms in total. The molecular weight excluding hydrogens is 527 g/mol. The molecule has 0 N–H and O–H groups in total. The zero-order valence-corrected chi connectivity index (χ0v) is 23.6. The van der Waals surface area contributed by atoms with Gasteiger partial charge in [-0.05, 0) is 63.4 Å². The lowest BCUT2D eigenvalue weighted by Gasteiger charge is -2.14. The fraction of sp³-hybridized carbons (Fsp3) is 0. The summed E-state index contributed by atoms with van der Waals surface area (Å²) >= 11 is 1.93. The quantitative estimate of drug-likeness (QED) is 0.206. The van der Waals surface area contributed by atoms with E-state index in [1.54, 1.807) is 0 Å². The average Bonchev–Trinajstić information content (AvgIpc) is 3.61. The third kappa shape index (κ3) is 3.49. The molecule has 0 aliphatic heterocycles. The fourth-order valence-corrected chi connectivity index (χ4v) is 8.02. The summed E-state index contributed by atoms with van der Waals surface area (Å²) in [5.74, 6) is 0. The lowest BCUT2D eigenvalue weighted by atomic mass is 9.98. The molecule has 0 saturated heterocycles. The zero-order chi connectivity index (χ0) is 27.6. The monoisotopic (exact) mass is 551 g/mol. The normalized spacial score (nSPS) is 11.8. The minimum Gasteiger partial charge on any atom is -0.309 e. The van der Waals surface area contributed by atoms with Gasteiger partial charge in [0.1, 0.15) is 0 Å². The highest BCUT2D eigenvalue weighted by Gasteiger charge is 2.19. The van der Waals surface area contributed by atoms with E-state index in [1.165, 1.54) is 80.7 Å². The maximum absolute atomic E-state index is 2.46. The van der Waals surface area contributed by atoms with E-state index < -0.39 is 0 Å². The van der Waals surface area contributed by atoms with Gasteiger partial charge in [0.05, 0.1) is 11.0 Å². The van der Waals surface area contributed by atoms with Crippen molar-refractivity contribution in [1.29, 1.82) is 0 Å². The maximum Gasteiger partial charge on any atom is 0.0555 e. The summed E-state index contributed by atoms with van der Waals surface area (Å²) < 4.78 is 5.19. The van der Waals surface area contributed by atoms with E-state index in [4.69, 9.17) is 0 Å². The molecule has 0 unspecified atom stereocenters. The van der Waals surface area contributed by atoms with Crippen molar-refractivity contribution in [2.24, 2.45) is 0 Å². The smallest absolute Gasteiger partial charge is 0.0555 e. The summed E-state index contributed by atoms with van der Waals surface area (Å²) in [6, 6.07) is 55.3. The van der Waals surface area contributed by atoms with Crippen LogP contribution >= 0.6 is 11.3 Å². The third-order valence-corrected chi connectivity index (χ3v) is 9.83. The minimum absolute atomic E-state index is 1.17. The number of thiophene rings is 1. The van der Waals surface area contributed by atoms with Gasteiger partial charge < -0.3 is 4.57 Å². The Morgan fingerprint density at radius 3 is 1.71 bits per heavy atom. The van der Waals surface area contributed by atoms with Gasteiger partial charge in [0, 0.05) is 36.6 Å². The first-order valence-corrected chi connectivity index (χ1v) is 15.2. The topological polar surface area (TPSA) is 4.93 Å². The lowest BCUT2D eigenvalue weighted by Crippen LogP contribution is -1.96. The Balaban J connectivity index is 1.39. The van der Waals surface area contributed by atoms with Crippen LogP contribution in [0.5, 0.6) is 0 Å². The van der Waals surface area contributed by atoms with Crippen molar-refractivity contribution in [2.45, 2.75) is 0 Å². The van der Waals surface area contributed by atoms with Gasteiger partial charge in [-0.3, -0.25) is 0 Å². The number of hydrogen-bond acceptors (Lipinski definition) is 1. The number of aromatic nitrogens is 1. The van der Waals surface area contributed by atoms with Crippen molar-refractivity contribution in [1.82, 2.24) is 4.57 Å². The predicted octanol–water partition coefficient (Wildman–Crippen LogP) is 11.6. The molecule has 0 bridgehead atoms. The molecule has 42 heavy (non-hydrogen) atoms. The van der Waals surface area contributed by atoms with Crippen LogP contribution < -0.4 is 0 Å². The Morgan fingerprint density at radius 2 is 0.976 bits per heavy atom. The molecule has 0 spiro atoms. The van der Waals surface area contributed by atoms with Crippen molar-refractivity contribution < 1.29 is 0 Å². The second kappa shape index (κ2) is 9.17. The van der Waals surface area contributed by atoms with Crippen LogP contribution in [0.4, 0.5) is 0 Å². The fourth-order valence-electron chi connectivity index (χ4n) is 6.63. The molecule has 2 aromatic heterocycles. The number of benzene rings is 7. The van der Waals surface area contributed by atoms with Crippen molar-refractivity contribution in [2.75, 3.05) is 0 Å². The summed E-state index contributed by atoms with van der Waals surface area (Å²) in [4.78, 5) is 0. The number of rotatable bonds is 3. The van der Waals surface area contributed by atoms with Gasteiger partial charge in [0.25, 0.3) is 0 Å². The molecule has 0 aliphatic carbocycles. The van der Waals surface area contributed by atoms with Gasteiger partial charge in [0.15, 0.2) is 0 Å². The third-order valence-electron chi connectivity index (χ3n) is 8.56. The van der Waals surface area contributed by atoms with Crippen molar-refractivity contribution >= 4 is 64.1 Å². The van der Waals surface area contributed by atoms with Gasteiger partial charge in [-0.1, -0.05) is 121 Å². The van der Waals surface area contributed by atoms with Gasteiger partial charge in [-0.15, -0.1) is 11.3 Å². The Bertz CT molecular complexity index is 2390. The van der Waals surface area contributed by atoms with Crippen LogP contribution in [-0.4, -0.2) is 4.57 Å². The highest BCUT2D eigenvalue weighted by atomic mass is 32.1. The van der Waals surface area contributed by atoms with E-state index in [-0.39, 0.29) is 0 Å². The molecule has 2 heteroatoms. The molecule has 0 atom stereocenters. The Kier molecular flexibility index (Phi) is 5.13. The van der Waals surface area contributed by atoms with Crippen molar-refractivity contribution in [3.63, 3.8) is 0 Å². The van der Waals surface area contributed by atoms with E-state index in [9.17, 15) is 0 Å². The van der Waals surface area contributed by atoms with Crippen LogP contribution in [0, 0.1) is 0 Å². The Hall–Kier alpha value is -5.18. The van der Waals surface area contributed by atoms with Gasteiger partial charge in [0.2, 0.25) is 0 Å². The summed E-state index contributed by atoms with van der Waals surface area (Å²) in [5, 5.41) is 7.92. The number of hydrogen-bond donors (Lipinski definition) is 0. The largest absolute Gasteiger partial charge is 0.309 e. The molecule has 0 radical (unpaired) electrons. The molecule has 0 aliphatic rings. The van der Waals surface area contributed by atoms with Crippen LogP contribution in [-0.2, 0) is 0 Å².